The Morgan fingerprint density at radius 2 is 1.72 bits per heavy atom. The monoisotopic (exact) mass is 411 g/mol. The molecule has 29 heavy (non-hydrogen) atoms. The van der Waals surface area contributed by atoms with Crippen LogP contribution in [0.1, 0.15) is 37.5 Å². The fraction of sp³-hybridized carbons (Fsp3) is 0.217. The van der Waals surface area contributed by atoms with Crippen molar-refractivity contribution in [2.45, 2.75) is 32.7 Å². The van der Waals surface area contributed by atoms with Gasteiger partial charge in [-0.2, -0.15) is 0 Å². The Morgan fingerprint density at radius 3 is 2.31 bits per heavy atom. The second-order valence-electron chi connectivity index (χ2n) is 7.98. The van der Waals surface area contributed by atoms with E-state index in [1.165, 1.54) is 5.56 Å². The molecule has 0 aliphatic rings. The number of carbonyl (C=O) groups excluding carboxylic acids is 1. The molecule has 1 aromatic heterocycles. The highest BCUT2D eigenvalue weighted by atomic mass is 35.5. The van der Waals surface area contributed by atoms with Gasteiger partial charge in [0, 0.05) is 40.3 Å². The number of halogens is 1. The number of benzene rings is 2. The molecule has 2 N–H and O–H groups in total. The van der Waals surface area contributed by atoms with Crippen molar-refractivity contribution in [2.75, 3.05) is 0 Å². The van der Waals surface area contributed by atoms with Crippen molar-refractivity contribution in [3.8, 4) is 0 Å². The fourth-order valence-corrected chi connectivity index (χ4v) is 3.35. The van der Waals surface area contributed by atoms with Gasteiger partial charge in [0.15, 0.2) is 0 Å². The quantitative estimate of drug-likeness (QED) is 0.344. The molecule has 0 saturated heterocycles. The van der Waals surface area contributed by atoms with Gasteiger partial charge in [-0.25, -0.2) is 4.79 Å². The third kappa shape index (κ3) is 4.51. The van der Waals surface area contributed by atoms with Crippen LogP contribution < -0.4 is 0 Å². The van der Waals surface area contributed by atoms with Gasteiger partial charge in [-0.15, -0.1) is 0 Å². The average molecular weight is 412 g/mol. The van der Waals surface area contributed by atoms with Gasteiger partial charge in [0.1, 0.15) is 5.76 Å². The molecule has 5 nitrogen and oxygen atoms in total. The Kier molecular flexibility index (Phi) is 5.53. The van der Waals surface area contributed by atoms with Crippen LogP contribution in [-0.2, 0) is 21.5 Å². The number of carboxylic acids is 1. The van der Waals surface area contributed by atoms with Crippen molar-refractivity contribution in [1.82, 2.24) is 4.57 Å². The van der Waals surface area contributed by atoms with Gasteiger partial charge < -0.3 is 14.8 Å². The maximum Gasteiger partial charge on any atom is 0.376 e. The van der Waals surface area contributed by atoms with Crippen LogP contribution in [0.3, 0.4) is 0 Å². The number of fused-ring (bicyclic) bond motifs is 1. The van der Waals surface area contributed by atoms with Crippen LogP contribution in [0, 0.1) is 0 Å². The molecule has 0 fully saturated rings. The number of nitrogens with zero attached hydrogens (tertiary/aromatic N) is 1. The molecule has 0 saturated carbocycles. The lowest BCUT2D eigenvalue weighted by atomic mass is 9.87. The second kappa shape index (κ2) is 7.76. The minimum atomic E-state index is -1.63. The molecule has 0 atom stereocenters. The number of carbonyl (C=O) groups is 2. The summed E-state index contributed by atoms with van der Waals surface area (Å²) in [6.45, 7) is 7.02. The maximum atomic E-state index is 11.5. The van der Waals surface area contributed by atoms with E-state index in [9.17, 15) is 14.7 Å². The minimum absolute atomic E-state index is 0.0653. The third-order valence-electron chi connectivity index (χ3n) is 4.77. The molecule has 0 unspecified atom stereocenters. The largest absolute Gasteiger partial charge is 0.507 e. The van der Waals surface area contributed by atoms with Crippen molar-refractivity contribution < 1.29 is 19.8 Å². The maximum absolute atomic E-state index is 11.5. The molecule has 0 aliphatic carbocycles. The number of hydrogen-bond donors (Lipinski definition) is 2. The van der Waals surface area contributed by atoms with Gasteiger partial charge in [-0.05, 0) is 34.7 Å². The Morgan fingerprint density at radius 1 is 1.07 bits per heavy atom. The minimum Gasteiger partial charge on any atom is -0.507 e. The van der Waals surface area contributed by atoms with Gasteiger partial charge in [0.2, 0.25) is 0 Å². The van der Waals surface area contributed by atoms with Crippen LogP contribution in [-0.4, -0.2) is 26.5 Å². The molecular weight excluding hydrogens is 390 g/mol. The number of carboxylic acid groups (broad SMARTS) is 1. The molecule has 3 rings (SSSR count). The summed E-state index contributed by atoms with van der Waals surface area (Å²) in [6, 6.07) is 13.6. The van der Waals surface area contributed by atoms with E-state index in [1.807, 2.05) is 10.6 Å². The van der Waals surface area contributed by atoms with Crippen molar-refractivity contribution in [2.24, 2.45) is 0 Å². The molecule has 0 aliphatic heterocycles. The Balaban J connectivity index is 2.03. The summed E-state index contributed by atoms with van der Waals surface area (Å²) in [7, 11) is 0. The van der Waals surface area contributed by atoms with Gasteiger partial charge in [0.05, 0.1) is 0 Å². The third-order valence-corrected chi connectivity index (χ3v) is 5.01. The predicted octanol–water partition coefficient (Wildman–Crippen LogP) is 5.19. The van der Waals surface area contributed by atoms with Crippen LogP contribution in [0.4, 0.5) is 0 Å². The smallest absolute Gasteiger partial charge is 0.376 e. The van der Waals surface area contributed by atoms with E-state index >= 15 is 0 Å². The molecule has 150 valence electrons. The Bertz CT molecular complexity index is 1120. The number of aromatic nitrogens is 1. The highest BCUT2D eigenvalue weighted by molar-refractivity contribution is 6.38. The van der Waals surface area contributed by atoms with Crippen LogP contribution >= 0.6 is 11.6 Å². The van der Waals surface area contributed by atoms with Crippen molar-refractivity contribution in [3.05, 3.63) is 76.5 Å². The first-order valence-electron chi connectivity index (χ1n) is 9.12. The van der Waals surface area contributed by atoms with Gasteiger partial charge in [-0.1, -0.05) is 56.6 Å². The zero-order valence-corrected chi connectivity index (χ0v) is 17.2. The number of aliphatic hydroxyl groups is 1. The predicted molar refractivity (Wildman–Crippen MR) is 114 cm³/mol. The zero-order chi connectivity index (χ0) is 21.3. The zero-order valence-electron chi connectivity index (χ0n) is 16.4. The summed E-state index contributed by atoms with van der Waals surface area (Å²) in [5, 5.41) is 20.2. The normalized spacial score (nSPS) is 12.3. The van der Waals surface area contributed by atoms with E-state index in [0.29, 0.717) is 28.6 Å². The highest BCUT2D eigenvalue weighted by Crippen LogP contribution is 2.30. The number of rotatable bonds is 5. The number of aliphatic carboxylic acids is 1. The van der Waals surface area contributed by atoms with Gasteiger partial charge >= 0.3 is 5.97 Å². The van der Waals surface area contributed by atoms with Gasteiger partial charge in [0.25, 0.3) is 5.78 Å². The second-order valence-corrected chi connectivity index (χ2v) is 8.41. The molecule has 2 aromatic carbocycles. The molecule has 3 aromatic rings. The van der Waals surface area contributed by atoms with Crippen LogP contribution in [0.5, 0.6) is 0 Å². The van der Waals surface area contributed by atoms with Crippen LogP contribution in [0.15, 0.2) is 54.7 Å². The van der Waals surface area contributed by atoms with E-state index in [0.717, 1.165) is 11.1 Å². The lowest BCUT2D eigenvalue weighted by Crippen LogP contribution is -2.11. The first-order valence-corrected chi connectivity index (χ1v) is 9.50. The molecule has 0 radical (unpaired) electrons. The standard InChI is InChI=1S/C23H22ClNO4/c1-23(2,3)15-6-4-14(5-7-15)12-25-13-18(20(26)11-21(27)22(28)29)17-10-16(24)8-9-19(17)25/h4-11,13,26H,12H2,1-3H3,(H,28,29)/b20-11+. The summed E-state index contributed by atoms with van der Waals surface area (Å²) >= 11 is 6.11. The lowest BCUT2D eigenvalue weighted by molar-refractivity contribution is -0.146. The molecule has 6 heteroatoms. The van der Waals surface area contributed by atoms with Crippen LogP contribution in [0.2, 0.25) is 5.02 Å². The summed E-state index contributed by atoms with van der Waals surface area (Å²) in [6.07, 6.45) is 2.40. The summed E-state index contributed by atoms with van der Waals surface area (Å²) in [4.78, 5) is 22.3. The number of aliphatic hydroxyl groups excluding tert-OH is 1. The van der Waals surface area contributed by atoms with E-state index in [2.05, 4.69) is 45.0 Å². The molecule has 1 heterocycles. The van der Waals surface area contributed by atoms with Gasteiger partial charge in [-0.3, -0.25) is 4.79 Å². The fourth-order valence-electron chi connectivity index (χ4n) is 3.17. The summed E-state index contributed by atoms with van der Waals surface area (Å²) < 4.78 is 1.93. The SMILES string of the molecule is CC(C)(C)c1ccc(Cn2cc(/C(O)=C\C(=O)C(=O)O)c3cc(Cl)ccc32)cc1. The first kappa shape index (κ1) is 20.7. The van der Waals surface area contributed by atoms with Crippen molar-refractivity contribution in [1.29, 1.82) is 0 Å². The first-order chi connectivity index (χ1) is 13.6. The van der Waals surface area contributed by atoms with Crippen molar-refractivity contribution >= 4 is 40.0 Å². The highest BCUT2D eigenvalue weighted by Gasteiger charge is 2.17. The molecule has 0 spiro atoms. The molecular formula is C23H22ClNO4. The summed E-state index contributed by atoms with van der Waals surface area (Å²) in [5.74, 6) is -3.23. The number of hydrogen-bond acceptors (Lipinski definition) is 3. The molecule has 0 amide bonds. The van der Waals surface area contributed by atoms with E-state index < -0.39 is 17.5 Å². The number of ketones is 1. The topological polar surface area (TPSA) is 79.5 Å². The van der Waals surface area contributed by atoms with Crippen molar-refractivity contribution in [3.63, 3.8) is 0 Å². The Hall–Kier alpha value is -3.05. The Labute approximate surface area is 173 Å². The average Bonchev–Trinajstić information content (AvgIpc) is 2.99. The van der Waals surface area contributed by atoms with E-state index in [4.69, 9.17) is 16.7 Å². The van der Waals surface area contributed by atoms with Crippen LogP contribution in [0.25, 0.3) is 16.7 Å². The van der Waals surface area contributed by atoms with E-state index in [-0.39, 0.29) is 5.41 Å². The lowest BCUT2D eigenvalue weighted by Gasteiger charge is -2.19. The van der Waals surface area contributed by atoms with E-state index in [1.54, 1.807) is 18.3 Å². The molecule has 0 bridgehead atoms. The summed E-state index contributed by atoms with van der Waals surface area (Å²) in [5.41, 5.74) is 3.53.